The highest BCUT2D eigenvalue weighted by molar-refractivity contribution is 7.17. The van der Waals surface area contributed by atoms with Gasteiger partial charge >= 0.3 is 7.12 Å². The highest BCUT2D eigenvalue weighted by atomic mass is 32.1. The zero-order valence-electron chi connectivity index (χ0n) is 7.56. The first-order chi connectivity index (χ1) is 6.61. The van der Waals surface area contributed by atoms with Crippen molar-refractivity contribution in [3.8, 4) is 5.75 Å². The summed E-state index contributed by atoms with van der Waals surface area (Å²) < 4.78 is 0.858. The minimum Gasteiger partial charge on any atom is -0.506 e. The molecule has 72 valence electrons. The van der Waals surface area contributed by atoms with E-state index in [2.05, 4.69) is 0 Å². The van der Waals surface area contributed by atoms with E-state index in [-0.39, 0.29) is 5.75 Å². The van der Waals surface area contributed by atoms with Crippen molar-refractivity contribution in [2.75, 3.05) is 0 Å². The second-order valence-corrected chi connectivity index (χ2v) is 4.08. The summed E-state index contributed by atoms with van der Waals surface area (Å²) in [5.41, 5.74) is 1.16. The average molecular weight is 208 g/mol. The zero-order chi connectivity index (χ0) is 10.3. The molecule has 1 aromatic heterocycles. The van der Waals surface area contributed by atoms with Crippen LogP contribution in [-0.4, -0.2) is 22.3 Å². The summed E-state index contributed by atoms with van der Waals surface area (Å²) in [6.07, 6.45) is 0. The summed E-state index contributed by atoms with van der Waals surface area (Å²) >= 11 is 1.38. The lowest BCUT2D eigenvalue weighted by atomic mass is 9.75. The monoisotopic (exact) mass is 208 g/mol. The van der Waals surface area contributed by atoms with Crippen molar-refractivity contribution in [3.05, 3.63) is 23.1 Å². The normalized spacial score (nSPS) is 10.8. The highest BCUT2D eigenvalue weighted by Gasteiger charge is 2.20. The van der Waals surface area contributed by atoms with Gasteiger partial charge in [0.2, 0.25) is 0 Å². The van der Waals surface area contributed by atoms with Gasteiger partial charge in [0, 0.05) is 15.5 Å². The molecule has 1 aromatic carbocycles. The standard InChI is InChI=1S/C9H9BO3S/c1-5-2-3-7-8(6(11)4-14-7)9(5)10(12)13/h2-4,11-13H,1H3. The van der Waals surface area contributed by atoms with Gasteiger partial charge in [-0.15, -0.1) is 11.3 Å². The van der Waals surface area contributed by atoms with Crippen LogP contribution in [0.4, 0.5) is 0 Å². The Kier molecular flexibility index (Phi) is 2.22. The zero-order valence-corrected chi connectivity index (χ0v) is 8.38. The van der Waals surface area contributed by atoms with Gasteiger partial charge in [-0.05, 0) is 18.5 Å². The van der Waals surface area contributed by atoms with Crippen molar-refractivity contribution in [2.24, 2.45) is 0 Å². The van der Waals surface area contributed by atoms with E-state index in [1.807, 2.05) is 12.1 Å². The molecule has 0 fully saturated rings. The van der Waals surface area contributed by atoms with Crippen LogP contribution in [0.2, 0.25) is 0 Å². The molecule has 0 saturated carbocycles. The first kappa shape index (κ1) is 9.52. The molecule has 1 heterocycles. The number of aryl methyl sites for hydroxylation is 1. The van der Waals surface area contributed by atoms with Crippen LogP contribution >= 0.6 is 11.3 Å². The molecule has 0 radical (unpaired) electrons. The molecular weight excluding hydrogens is 199 g/mol. The number of benzene rings is 1. The SMILES string of the molecule is Cc1ccc2scc(O)c2c1B(O)O. The van der Waals surface area contributed by atoms with Crippen LogP contribution in [0, 0.1) is 6.92 Å². The third-order valence-corrected chi connectivity index (χ3v) is 3.17. The van der Waals surface area contributed by atoms with Gasteiger partial charge in [0.05, 0.1) is 0 Å². The quantitative estimate of drug-likeness (QED) is 0.601. The fraction of sp³-hybridized carbons (Fsp3) is 0.111. The van der Waals surface area contributed by atoms with Gasteiger partial charge in [-0.25, -0.2) is 0 Å². The molecule has 0 amide bonds. The number of thiophene rings is 1. The van der Waals surface area contributed by atoms with E-state index in [1.165, 1.54) is 11.3 Å². The third-order valence-electron chi connectivity index (χ3n) is 2.24. The summed E-state index contributed by atoms with van der Waals surface area (Å²) in [6.45, 7) is 1.78. The van der Waals surface area contributed by atoms with E-state index in [9.17, 15) is 15.2 Å². The molecule has 2 aromatic rings. The minimum atomic E-state index is -1.54. The van der Waals surface area contributed by atoms with Crippen molar-refractivity contribution in [2.45, 2.75) is 6.92 Å². The van der Waals surface area contributed by atoms with Gasteiger partial charge in [-0.2, -0.15) is 0 Å². The van der Waals surface area contributed by atoms with Crippen LogP contribution < -0.4 is 5.46 Å². The maximum Gasteiger partial charge on any atom is 0.489 e. The van der Waals surface area contributed by atoms with Gasteiger partial charge in [0.15, 0.2) is 0 Å². The molecule has 2 rings (SSSR count). The summed E-state index contributed by atoms with van der Waals surface area (Å²) in [6, 6.07) is 3.67. The lowest BCUT2D eigenvalue weighted by molar-refractivity contribution is 0.425. The molecule has 0 aliphatic heterocycles. The second kappa shape index (κ2) is 3.27. The lowest BCUT2D eigenvalue weighted by Crippen LogP contribution is -2.32. The van der Waals surface area contributed by atoms with Crippen LogP contribution in [0.25, 0.3) is 10.1 Å². The van der Waals surface area contributed by atoms with E-state index in [4.69, 9.17) is 0 Å². The van der Waals surface area contributed by atoms with E-state index in [0.717, 1.165) is 10.3 Å². The molecule has 3 N–H and O–H groups in total. The number of hydrogen-bond acceptors (Lipinski definition) is 4. The van der Waals surface area contributed by atoms with Crippen LogP contribution in [-0.2, 0) is 0 Å². The number of fused-ring (bicyclic) bond motifs is 1. The molecule has 0 aliphatic carbocycles. The van der Waals surface area contributed by atoms with Crippen molar-refractivity contribution < 1.29 is 15.2 Å². The van der Waals surface area contributed by atoms with Crippen molar-refractivity contribution in [1.82, 2.24) is 0 Å². The Hall–Kier alpha value is -1.04. The Bertz CT molecular complexity index is 478. The molecule has 0 spiro atoms. The fourth-order valence-electron chi connectivity index (χ4n) is 1.58. The molecule has 3 nitrogen and oxygen atoms in total. The molecule has 0 bridgehead atoms. The summed E-state index contributed by atoms with van der Waals surface area (Å²) in [4.78, 5) is 0. The van der Waals surface area contributed by atoms with E-state index >= 15 is 0 Å². The molecule has 5 heteroatoms. The molecular formula is C9H9BO3S. The predicted octanol–water partition coefficient (Wildman–Crippen LogP) is 0.595. The topological polar surface area (TPSA) is 60.7 Å². The van der Waals surface area contributed by atoms with Crippen LogP contribution in [0.3, 0.4) is 0 Å². The predicted molar refractivity (Wildman–Crippen MR) is 58.1 cm³/mol. The Labute approximate surface area is 85.4 Å². The fourth-order valence-corrected chi connectivity index (χ4v) is 2.41. The largest absolute Gasteiger partial charge is 0.506 e. The maximum absolute atomic E-state index is 9.55. The number of rotatable bonds is 1. The van der Waals surface area contributed by atoms with Gasteiger partial charge < -0.3 is 15.2 Å². The van der Waals surface area contributed by atoms with E-state index < -0.39 is 7.12 Å². The van der Waals surface area contributed by atoms with Gasteiger partial charge in [-0.1, -0.05) is 11.6 Å². The molecule has 0 atom stereocenters. The van der Waals surface area contributed by atoms with Crippen LogP contribution in [0.15, 0.2) is 17.5 Å². The smallest absolute Gasteiger partial charge is 0.489 e. The minimum absolute atomic E-state index is 0.108. The van der Waals surface area contributed by atoms with Gasteiger partial charge in [0.1, 0.15) is 5.75 Å². The Morgan fingerprint density at radius 1 is 1.29 bits per heavy atom. The maximum atomic E-state index is 9.55. The Morgan fingerprint density at radius 3 is 2.64 bits per heavy atom. The van der Waals surface area contributed by atoms with E-state index in [1.54, 1.807) is 12.3 Å². The average Bonchev–Trinajstić information content (AvgIpc) is 2.47. The Morgan fingerprint density at radius 2 is 2.00 bits per heavy atom. The van der Waals surface area contributed by atoms with Crippen molar-refractivity contribution in [1.29, 1.82) is 0 Å². The first-order valence-corrected chi connectivity index (χ1v) is 5.05. The Balaban J connectivity index is 2.87. The molecule has 0 unspecified atom stereocenters. The van der Waals surface area contributed by atoms with Crippen LogP contribution in [0.5, 0.6) is 5.75 Å². The summed E-state index contributed by atoms with van der Waals surface area (Å²) in [5, 5.41) is 30.1. The van der Waals surface area contributed by atoms with Crippen LogP contribution in [0.1, 0.15) is 5.56 Å². The first-order valence-electron chi connectivity index (χ1n) is 4.17. The van der Waals surface area contributed by atoms with Gasteiger partial charge in [-0.3, -0.25) is 0 Å². The lowest BCUT2D eigenvalue weighted by Gasteiger charge is -2.06. The number of hydrogen-bond donors (Lipinski definition) is 3. The number of aromatic hydroxyl groups is 1. The molecule has 14 heavy (non-hydrogen) atoms. The molecule has 0 saturated heterocycles. The van der Waals surface area contributed by atoms with Gasteiger partial charge in [0.25, 0.3) is 0 Å². The second-order valence-electron chi connectivity index (χ2n) is 3.16. The summed E-state index contributed by atoms with van der Waals surface area (Å²) in [5.74, 6) is 0.108. The van der Waals surface area contributed by atoms with Crippen molar-refractivity contribution in [3.63, 3.8) is 0 Å². The molecule has 0 aliphatic rings. The van der Waals surface area contributed by atoms with Crippen molar-refractivity contribution >= 4 is 34.0 Å². The van der Waals surface area contributed by atoms with E-state index in [0.29, 0.717) is 10.8 Å². The third kappa shape index (κ3) is 1.30. The summed E-state index contributed by atoms with van der Waals surface area (Å²) in [7, 11) is -1.54. The highest BCUT2D eigenvalue weighted by Crippen LogP contribution is 2.30.